The largest absolute Gasteiger partial charge is 0.490 e. The van der Waals surface area contributed by atoms with E-state index < -0.39 is 0 Å². The SMILES string of the molecule is CNCc1cc(Br)ccc1OCCOc1ccc(Cl)cc1Cl. The van der Waals surface area contributed by atoms with Gasteiger partial charge in [0.1, 0.15) is 24.7 Å². The molecule has 3 nitrogen and oxygen atoms in total. The highest BCUT2D eigenvalue weighted by molar-refractivity contribution is 9.10. The quantitative estimate of drug-likeness (QED) is 0.663. The Morgan fingerprint density at radius 3 is 2.36 bits per heavy atom. The van der Waals surface area contributed by atoms with Gasteiger partial charge in [-0.2, -0.15) is 0 Å². The van der Waals surface area contributed by atoms with E-state index >= 15 is 0 Å². The first-order valence-electron chi connectivity index (χ1n) is 6.74. The maximum Gasteiger partial charge on any atom is 0.138 e. The molecule has 0 spiro atoms. The van der Waals surface area contributed by atoms with Crippen LogP contribution in [0.25, 0.3) is 0 Å². The predicted octanol–water partition coefficient (Wildman–Crippen LogP) is 4.93. The van der Waals surface area contributed by atoms with Crippen molar-refractivity contribution in [2.24, 2.45) is 0 Å². The molecule has 0 radical (unpaired) electrons. The van der Waals surface area contributed by atoms with Crippen LogP contribution in [-0.2, 0) is 6.54 Å². The fourth-order valence-corrected chi connectivity index (χ4v) is 2.78. The van der Waals surface area contributed by atoms with Gasteiger partial charge in [0.15, 0.2) is 0 Å². The summed E-state index contributed by atoms with van der Waals surface area (Å²) in [6.07, 6.45) is 0. The van der Waals surface area contributed by atoms with E-state index in [1.807, 2.05) is 25.2 Å². The van der Waals surface area contributed by atoms with Crippen molar-refractivity contribution in [2.45, 2.75) is 6.54 Å². The highest BCUT2D eigenvalue weighted by atomic mass is 79.9. The van der Waals surface area contributed by atoms with Gasteiger partial charge in [0.2, 0.25) is 0 Å². The van der Waals surface area contributed by atoms with Gasteiger partial charge >= 0.3 is 0 Å². The van der Waals surface area contributed by atoms with E-state index in [1.165, 1.54) is 0 Å². The zero-order valence-electron chi connectivity index (χ0n) is 12.0. The van der Waals surface area contributed by atoms with Gasteiger partial charge in [0, 0.05) is 21.6 Å². The van der Waals surface area contributed by atoms with Crippen LogP contribution in [-0.4, -0.2) is 20.3 Å². The predicted molar refractivity (Wildman–Crippen MR) is 94.4 cm³/mol. The maximum atomic E-state index is 6.05. The molecular weight excluding hydrogens is 389 g/mol. The Labute approximate surface area is 148 Å². The van der Waals surface area contributed by atoms with E-state index in [4.69, 9.17) is 32.7 Å². The lowest BCUT2D eigenvalue weighted by atomic mass is 10.2. The number of hydrogen-bond donors (Lipinski definition) is 1. The molecule has 0 aliphatic heterocycles. The number of rotatable bonds is 7. The van der Waals surface area contributed by atoms with Crippen molar-refractivity contribution in [3.05, 3.63) is 56.5 Å². The molecule has 118 valence electrons. The van der Waals surface area contributed by atoms with Crippen molar-refractivity contribution >= 4 is 39.1 Å². The first kappa shape index (κ1) is 17.4. The summed E-state index contributed by atoms with van der Waals surface area (Å²) in [7, 11) is 1.90. The number of ether oxygens (including phenoxy) is 2. The fourth-order valence-electron chi connectivity index (χ4n) is 1.91. The molecule has 0 atom stereocenters. The smallest absolute Gasteiger partial charge is 0.138 e. The van der Waals surface area contributed by atoms with E-state index in [9.17, 15) is 0 Å². The minimum atomic E-state index is 0.399. The van der Waals surface area contributed by atoms with Crippen molar-refractivity contribution in [1.29, 1.82) is 0 Å². The number of nitrogens with one attached hydrogen (secondary N) is 1. The number of halogens is 3. The lowest BCUT2D eigenvalue weighted by Crippen LogP contribution is -2.12. The lowest BCUT2D eigenvalue weighted by Gasteiger charge is -2.13. The third kappa shape index (κ3) is 5.06. The van der Waals surface area contributed by atoms with E-state index in [0.717, 1.165) is 22.3 Å². The molecule has 1 N–H and O–H groups in total. The van der Waals surface area contributed by atoms with Gasteiger partial charge < -0.3 is 14.8 Å². The number of benzene rings is 2. The molecule has 2 aromatic carbocycles. The zero-order valence-corrected chi connectivity index (χ0v) is 15.1. The monoisotopic (exact) mass is 403 g/mol. The summed E-state index contributed by atoms with van der Waals surface area (Å²) in [6, 6.07) is 11.1. The van der Waals surface area contributed by atoms with Gasteiger partial charge in [-0.15, -0.1) is 0 Å². The Morgan fingerprint density at radius 2 is 1.68 bits per heavy atom. The maximum absolute atomic E-state index is 6.05. The van der Waals surface area contributed by atoms with Crippen LogP contribution in [0.3, 0.4) is 0 Å². The van der Waals surface area contributed by atoms with Crippen LogP contribution in [0.1, 0.15) is 5.56 Å². The normalized spacial score (nSPS) is 10.5. The molecule has 0 aromatic heterocycles. The van der Waals surface area contributed by atoms with E-state index in [0.29, 0.717) is 29.0 Å². The van der Waals surface area contributed by atoms with Gasteiger partial charge in [0.05, 0.1) is 5.02 Å². The van der Waals surface area contributed by atoms with E-state index in [1.54, 1.807) is 18.2 Å². The molecule has 0 heterocycles. The summed E-state index contributed by atoms with van der Waals surface area (Å²) in [6.45, 7) is 1.56. The Morgan fingerprint density at radius 1 is 1.00 bits per heavy atom. The van der Waals surface area contributed by atoms with E-state index in [-0.39, 0.29) is 0 Å². The van der Waals surface area contributed by atoms with Crippen molar-refractivity contribution in [2.75, 3.05) is 20.3 Å². The topological polar surface area (TPSA) is 30.5 Å². The molecule has 0 amide bonds. The van der Waals surface area contributed by atoms with E-state index in [2.05, 4.69) is 21.2 Å². The second kappa shape index (κ2) is 8.63. The van der Waals surface area contributed by atoms with Gasteiger partial charge in [0.25, 0.3) is 0 Å². The van der Waals surface area contributed by atoms with Crippen LogP contribution in [0.5, 0.6) is 11.5 Å². The summed E-state index contributed by atoms with van der Waals surface area (Å²) in [4.78, 5) is 0. The Kier molecular flexibility index (Phi) is 6.83. The Hall–Kier alpha value is -0.940. The molecule has 0 aliphatic rings. The standard InChI is InChI=1S/C16H16BrCl2NO2/c1-20-10-11-8-12(17)2-4-15(11)21-6-7-22-16-5-3-13(18)9-14(16)19/h2-5,8-9,20H,6-7,10H2,1H3. The highest BCUT2D eigenvalue weighted by Crippen LogP contribution is 2.27. The highest BCUT2D eigenvalue weighted by Gasteiger charge is 2.05. The Bertz CT molecular complexity index is 638. The van der Waals surface area contributed by atoms with Gasteiger partial charge in [-0.3, -0.25) is 0 Å². The van der Waals surface area contributed by atoms with Crippen LogP contribution in [0, 0.1) is 0 Å². The van der Waals surface area contributed by atoms with Crippen LogP contribution in [0.4, 0.5) is 0 Å². The molecule has 22 heavy (non-hydrogen) atoms. The third-order valence-corrected chi connectivity index (χ3v) is 3.91. The molecule has 0 fully saturated rings. The average molecular weight is 405 g/mol. The number of hydrogen-bond acceptors (Lipinski definition) is 3. The van der Waals surface area contributed by atoms with Crippen LogP contribution >= 0.6 is 39.1 Å². The van der Waals surface area contributed by atoms with Gasteiger partial charge in [-0.25, -0.2) is 0 Å². The van der Waals surface area contributed by atoms with Crippen molar-refractivity contribution < 1.29 is 9.47 Å². The second-order valence-corrected chi connectivity index (χ2v) is 6.31. The lowest BCUT2D eigenvalue weighted by molar-refractivity contribution is 0.216. The van der Waals surface area contributed by atoms with Crippen LogP contribution < -0.4 is 14.8 Å². The minimum Gasteiger partial charge on any atom is -0.490 e. The molecule has 0 unspecified atom stereocenters. The molecule has 0 saturated heterocycles. The first-order chi connectivity index (χ1) is 10.6. The van der Waals surface area contributed by atoms with Crippen molar-refractivity contribution in [3.8, 4) is 11.5 Å². The first-order valence-corrected chi connectivity index (χ1v) is 8.28. The van der Waals surface area contributed by atoms with Crippen molar-refractivity contribution in [1.82, 2.24) is 5.32 Å². The van der Waals surface area contributed by atoms with Crippen molar-refractivity contribution in [3.63, 3.8) is 0 Å². The average Bonchev–Trinajstić information content (AvgIpc) is 2.47. The zero-order chi connectivity index (χ0) is 15.9. The minimum absolute atomic E-state index is 0.399. The van der Waals surface area contributed by atoms with Gasteiger partial charge in [-0.05, 0) is 43.4 Å². The molecule has 6 heteroatoms. The summed E-state index contributed by atoms with van der Waals surface area (Å²) >= 11 is 15.3. The molecular formula is C16H16BrCl2NO2. The molecule has 0 aliphatic carbocycles. The molecule has 0 bridgehead atoms. The molecule has 0 saturated carbocycles. The van der Waals surface area contributed by atoms with Crippen LogP contribution in [0.15, 0.2) is 40.9 Å². The molecule has 2 aromatic rings. The van der Waals surface area contributed by atoms with Gasteiger partial charge in [-0.1, -0.05) is 39.1 Å². The fraction of sp³-hybridized carbons (Fsp3) is 0.250. The molecule has 2 rings (SSSR count). The second-order valence-electron chi connectivity index (χ2n) is 4.55. The summed E-state index contributed by atoms with van der Waals surface area (Å²) < 4.78 is 12.4. The third-order valence-electron chi connectivity index (χ3n) is 2.88. The summed E-state index contributed by atoms with van der Waals surface area (Å²) in [5, 5.41) is 4.19. The van der Waals surface area contributed by atoms with Crippen LogP contribution in [0.2, 0.25) is 10.0 Å². The summed E-state index contributed by atoms with van der Waals surface area (Å²) in [5.41, 5.74) is 1.08. The summed E-state index contributed by atoms with van der Waals surface area (Å²) in [5.74, 6) is 1.43. The Balaban J connectivity index is 1.88.